The highest BCUT2D eigenvalue weighted by Crippen LogP contribution is 2.16. The molecule has 1 heterocycles. The first-order chi connectivity index (χ1) is 12.6. The molecule has 0 aliphatic carbocycles. The molecule has 0 fully saturated rings. The largest absolute Gasteiger partial charge is 0.405 e. The number of aromatic nitrogens is 1. The van der Waals surface area contributed by atoms with E-state index in [1.165, 1.54) is 31.2 Å². The second-order valence-electron chi connectivity index (χ2n) is 5.61. The maximum absolute atomic E-state index is 14.1. The van der Waals surface area contributed by atoms with Gasteiger partial charge in [-0.15, -0.1) is 0 Å². The summed E-state index contributed by atoms with van der Waals surface area (Å²) < 4.78 is 64.1. The van der Waals surface area contributed by atoms with Gasteiger partial charge in [0.25, 0.3) is 5.91 Å². The smallest absolute Gasteiger partial charge is 0.343 e. The minimum absolute atomic E-state index is 0.0739. The molecule has 3 nitrogen and oxygen atoms in total. The average molecular weight is 382 g/mol. The Morgan fingerprint density at radius 3 is 2.56 bits per heavy atom. The van der Waals surface area contributed by atoms with E-state index < -0.39 is 30.3 Å². The van der Waals surface area contributed by atoms with Crippen molar-refractivity contribution in [1.29, 1.82) is 0 Å². The maximum Gasteiger partial charge on any atom is 0.405 e. The van der Waals surface area contributed by atoms with Crippen molar-refractivity contribution in [2.45, 2.75) is 13.1 Å². The standard InChI is InChI=1S/C19H15F5N2O/c1-3-4-17-15(11(2)14-6-5-13(20)8-16(14)21)7-12(9-25-17)18(27)26-10-19(22,23)24/h3-9H,1,10H2,2H3,(H,26,27). The van der Waals surface area contributed by atoms with Gasteiger partial charge in [0.05, 0.1) is 10.9 Å². The Morgan fingerprint density at radius 1 is 1.26 bits per heavy atom. The molecule has 0 unspecified atom stereocenters. The molecule has 0 bridgehead atoms. The third-order valence-electron chi connectivity index (χ3n) is 3.64. The fourth-order valence-corrected chi connectivity index (χ4v) is 2.37. The van der Waals surface area contributed by atoms with E-state index in [4.69, 9.17) is 0 Å². The Kier molecular flexibility index (Phi) is 6.09. The Hall–Kier alpha value is -3.03. The van der Waals surface area contributed by atoms with Gasteiger partial charge in [-0.25, -0.2) is 8.78 Å². The van der Waals surface area contributed by atoms with Crippen LogP contribution in [0.2, 0.25) is 0 Å². The summed E-state index contributed by atoms with van der Waals surface area (Å²) in [5.74, 6) is -2.54. The molecule has 27 heavy (non-hydrogen) atoms. The van der Waals surface area contributed by atoms with Gasteiger partial charge in [-0.2, -0.15) is 13.2 Å². The lowest BCUT2D eigenvalue weighted by atomic mass is 10.0. The summed E-state index contributed by atoms with van der Waals surface area (Å²) in [7, 11) is 0. The number of nitrogens with zero attached hydrogens (tertiary/aromatic N) is 1. The van der Waals surface area contributed by atoms with Crippen LogP contribution in [0.5, 0.6) is 0 Å². The molecule has 2 aromatic rings. The highest BCUT2D eigenvalue weighted by molar-refractivity contribution is 5.94. The second-order valence-corrected chi connectivity index (χ2v) is 5.61. The number of nitrogens with one attached hydrogen (secondary N) is 1. The first kappa shape index (κ1) is 20.3. The van der Waals surface area contributed by atoms with Crippen LogP contribution in [0.25, 0.3) is 11.6 Å². The number of amides is 1. The molecule has 1 aromatic heterocycles. The summed E-state index contributed by atoms with van der Waals surface area (Å²) in [5.41, 5.74) is 0.278. The average Bonchev–Trinajstić information content (AvgIpc) is 2.59. The molecular formula is C19H15F5N2O. The Bertz CT molecular complexity index is 996. The van der Waals surface area contributed by atoms with Gasteiger partial charge in [-0.3, -0.25) is 9.78 Å². The van der Waals surface area contributed by atoms with E-state index in [9.17, 15) is 26.7 Å². The molecule has 0 spiro atoms. The molecule has 142 valence electrons. The number of halogens is 5. The van der Waals surface area contributed by atoms with Gasteiger partial charge in [0.15, 0.2) is 0 Å². The van der Waals surface area contributed by atoms with Gasteiger partial charge >= 0.3 is 6.18 Å². The predicted molar refractivity (Wildman–Crippen MR) is 91.1 cm³/mol. The Labute approximate surface area is 151 Å². The van der Waals surface area contributed by atoms with Crippen LogP contribution in [0.1, 0.15) is 22.8 Å². The van der Waals surface area contributed by atoms with Gasteiger partial charge < -0.3 is 5.32 Å². The van der Waals surface area contributed by atoms with Crippen LogP contribution < -0.4 is 15.9 Å². The molecule has 8 heteroatoms. The molecule has 1 aromatic carbocycles. The van der Waals surface area contributed by atoms with Gasteiger partial charge in [-0.05, 0) is 36.8 Å². The molecule has 2 rings (SSSR count). The predicted octanol–water partition coefficient (Wildman–Crippen LogP) is 2.84. The van der Waals surface area contributed by atoms with Crippen molar-refractivity contribution in [3.8, 4) is 0 Å². The van der Waals surface area contributed by atoms with Crippen molar-refractivity contribution in [1.82, 2.24) is 10.3 Å². The summed E-state index contributed by atoms with van der Waals surface area (Å²) in [5, 5.41) is 2.39. The van der Waals surface area contributed by atoms with Gasteiger partial charge in [-0.1, -0.05) is 12.7 Å². The van der Waals surface area contributed by atoms with Crippen LogP contribution in [0.4, 0.5) is 22.0 Å². The van der Waals surface area contributed by atoms with Crippen molar-refractivity contribution in [3.63, 3.8) is 0 Å². The van der Waals surface area contributed by atoms with E-state index in [2.05, 4.69) is 11.6 Å². The summed E-state index contributed by atoms with van der Waals surface area (Å²) >= 11 is 0. The van der Waals surface area contributed by atoms with Crippen molar-refractivity contribution in [2.75, 3.05) is 6.54 Å². The molecule has 0 saturated carbocycles. The van der Waals surface area contributed by atoms with Crippen LogP contribution >= 0.6 is 0 Å². The number of hydrogen-bond acceptors (Lipinski definition) is 2. The molecule has 0 aliphatic heterocycles. The SMILES string of the molecule is C=CC=c1ncc(C(=O)NCC(F)(F)F)cc1=C(C)c1ccc(F)cc1F. The summed E-state index contributed by atoms with van der Waals surface area (Å²) in [6.07, 6.45) is -0.526. The van der Waals surface area contributed by atoms with Crippen LogP contribution in [-0.2, 0) is 0 Å². The topological polar surface area (TPSA) is 42.0 Å². The van der Waals surface area contributed by atoms with Crippen LogP contribution in [0, 0.1) is 11.6 Å². The van der Waals surface area contributed by atoms with E-state index in [1.807, 2.05) is 0 Å². The number of allylic oxidation sites excluding steroid dienone is 1. The van der Waals surface area contributed by atoms with Crippen LogP contribution in [-0.4, -0.2) is 23.6 Å². The minimum atomic E-state index is -4.55. The monoisotopic (exact) mass is 382 g/mol. The summed E-state index contributed by atoms with van der Waals surface area (Å²) in [6.45, 7) is 3.58. The Balaban J connectivity index is 2.61. The van der Waals surface area contributed by atoms with E-state index in [1.54, 1.807) is 5.32 Å². The zero-order valence-corrected chi connectivity index (χ0v) is 14.2. The quantitative estimate of drug-likeness (QED) is 0.827. The van der Waals surface area contributed by atoms with Crippen LogP contribution in [0.15, 0.2) is 43.1 Å². The van der Waals surface area contributed by atoms with Crippen molar-refractivity contribution in [2.24, 2.45) is 0 Å². The number of pyridine rings is 1. The second kappa shape index (κ2) is 8.11. The van der Waals surface area contributed by atoms with Gasteiger partial charge in [0.2, 0.25) is 0 Å². The van der Waals surface area contributed by atoms with Crippen molar-refractivity contribution in [3.05, 3.63) is 76.4 Å². The van der Waals surface area contributed by atoms with E-state index >= 15 is 0 Å². The zero-order chi connectivity index (χ0) is 20.2. The van der Waals surface area contributed by atoms with Crippen LogP contribution in [0.3, 0.4) is 0 Å². The van der Waals surface area contributed by atoms with E-state index in [0.29, 0.717) is 22.2 Å². The fourth-order valence-electron chi connectivity index (χ4n) is 2.37. The van der Waals surface area contributed by atoms with Crippen molar-refractivity contribution >= 4 is 17.6 Å². The lowest BCUT2D eigenvalue weighted by Crippen LogP contribution is -2.36. The zero-order valence-electron chi connectivity index (χ0n) is 14.2. The fraction of sp³-hybridized carbons (Fsp3) is 0.158. The number of rotatable bonds is 4. The number of carbonyl (C=O) groups is 1. The van der Waals surface area contributed by atoms with E-state index in [0.717, 1.165) is 12.3 Å². The molecule has 0 atom stereocenters. The molecular weight excluding hydrogens is 367 g/mol. The number of alkyl halides is 3. The lowest BCUT2D eigenvalue weighted by Gasteiger charge is -2.09. The molecule has 1 amide bonds. The third-order valence-corrected chi connectivity index (χ3v) is 3.64. The Morgan fingerprint density at radius 2 is 1.96 bits per heavy atom. The van der Waals surface area contributed by atoms with Gasteiger partial charge in [0, 0.05) is 23.0 Å². The number of carbonyl (C=O) groups excluding carboxylic acids is 1. The molecule has 0 radical (unpaired) electrons. The molecule has 1 N–H and O–H groups in total. The van der Waals surface area contributed by atoms with Crippen molar-refractivity contribution < 1.29 is 26.7 Å². The number of hydrogen-bond donors (Lipinski definition) is 1. The first-order valence-corrected chi connectivity index (χ1v) is 7.72. The minimum Gasteiger partial charge on any atom is -0.343 e. The third kappa shape index (κ3) is 5.22. The highest BCUT2D eigenvalue weighted by Gasteiger charge is 2.28. The van der Waals surface area contributed by atoms with E-state index in [-0.39, 0.29) is 11.1 Å². The maximum atomic E-state index is 14.1. The first-order valence-electron chi connectivity index (χ1n) is 7.72. The summed E-state index contributed by atoms with van der Waals surface area (Å²) in [4.78, 5) is 16.0. The number of benzene rings is 1. The summed E-state index contributed by atoms with van der Waals surface area (Å²) in [6, 6.07) is 4.31. The molecule has 0 saturated heterocycles. The highest BCUT2D eigenvalue weighted by atomic mass is 19.4. The lowest BCUT2D eigenvalue weighted by molar-refractivity contribution is -0.123. The van der Waals surface area contributed by atoms with Gasteiger partial charge in [0.1, 0.15) is 18.2 Å². The molecule has 0 aliphatic rings. The normalized spacial score (nSPS) is 13.3.